The first-order chi connectivity index (χ1) is 7.70. The second-order valence-electron chi connectivity index (χ2n) is 4.79. The van der Waals surface area contributed by atoms with Crippen molar-refractivity contribution in [3.05, 3.63) is 17.5 Å². The van der Waals surface area contributed by atoms with Gasteiger partial charge >= 0.3 is 0 Å². The van der Waals surface area contributed by atoms with Crippen molar-refractivity contribution in [2.75, 3.05) is 0 Å². The molecule has 0 spiro atoms. The van der Waals surface area contributed by atoms with E-state index in [0.29, 0.717) is 5.92 Å². The predicted molar refractivity (Wildman–Crippen MR) is 69.7 cm³/mol. The fourth-order valence-corrected chi connectivity index (χ4v) is 2.49. The van der Waals surface area contributed by atoms with E-state index in [0.717, 1.165) is 0 Å². The van der Waals surface area contributed by atoms with E-state index >= 15 is 0 Å². The third kappa shape index (κ3) is 3.36. The fourth-order valence-electron chi connectivity index (χ4n) is 2.49. The van der Waals surface area contributed by atoms with Gasteiger partial charge in [0.05, 0.1) is 6.20 Å². The average molecular weight is 222 g/mol. The van der Waals surface area contributed by atoms with E-state index in [1.165, 1.54) is 49.8 Å². The fraction of sp³-hybridized carbons (Fsp3) is 0.786. The van der Waals surface area contributed by atoms with Gasteiger partial charge in [0.2, 0.25) is 0 Å². The third-order valence-corrected chi connectivity index (χ3v) is 3.46. The van der Waals surface area contributed by atoms with E-state index in [9.17, 15) is 0 Å². The van der Waals surface area contributed by atoms with Crippen LogP contribution in [0, 0.1) is 6.92 Å². The van der Waals surface area contributed by atoms with E-state index in [1.807, 2.05) is 6.20 Å². The monoisotopic (exact) mass is 222 g/mol. The van der Waals surface area contributed by atoms with E-state index < -0.39 is 0 Å². The van der Waals surface area contributed by atoms with E-state index in [4.69, 9.17) is 0 Å². The van der Waals surface area contributed by atoms with Gasteiger partial charge in [-0.15, -0.1) is 0 Å². The molecule has 0 N–H and O–H groups in total. The largest absolute Gasteiger partial charge is 0.272 e. The van der Waals surface area contributed by atoms with Crippen LogP contribution in [0.25, 0.3) is 0 Å². The molecule has 1 atom stereocenters. The van der Waals surface area contributed by atoms with E-state index in [2.05, 4.69) is 37.6 Å². The van der Waals surface area contributed by atoms with Crippen LogP contribution in [0.5, 0.6) is 0 Å². The van der Waals surface area contributed by atoms with E-state index in [-0.39, 0.29) is 0 Å². The lowest BCUT2D eigenvalue weighted by molar-refractivity contribution is 0.509. The molecule has 1 aromatic heterocycles. The highest BCUT2D eigenvalue weighted by Gasteiger charge is 2.15. The van der Waals surface area contributed by atoms with Crippen LogP contribution in [0.1, 0.15) is 69.5 Å². The summed E-state index contributed by atoms with van der Waals surface area (Å²) in [6.45, 7) is 6.73. The minimum Gasteiger partial charge on any atom is -0.272 e. The molecular formula is C14H26N2. The van der Waals surface area contributed by atoms with E-state index in [1.54, 1.807) is 0 Å². The van der Waals surface area contributed by atoms with Gasteiger partial charge in [-0.3, -0.25) is 4.68 Å². The zero-order valence-corrected chi connectivity index (χ0v) is 11.3. The summed E-state index contributed by atoms with van der Waals surface area (Å²) >= 11 is 0. The third-order valence-electron chi connectivity index (χ3n) is 3.46. The Morgan fingerprint density at radius 1 is 1.25 bits per heavy atom. The van der Waals surface area contributed by atoms with Crippen molar-refractivity contribution < 1.29 is 0 Å². The lowest BCUT2D eigenvalue weighted by Gasteiger charge is -2.16. The van der Waals surface area contributed by atoms with Gasteiger partial charge in [0.15, 0.2) is 0 Å². The molecule has 0 saturated carbocycles. The van der Waals surface area contributed by atoms with Gasteiger partial charge in [0.25, 0.3) is 0 Å². The molecule has 0 fully saturated rings. The maximum atomic E-state index is 4.35. The molecule has 2 heteroatoms. The molecule has 0 saturated heterocycles. The minimum atomic E-state index is 0.698. The predicted octanol–water partition coefficient (Wildman–Crippen LogP) is 4.19. The zero-order valence-electron chi connectivity index (χ0n) is 11.3. The van der Waals surface area contributed by atoms with Crippen LogP contribution in [0.3, 0.4) is 0 Å². The van der Waals surface area contributed by atoms with Crippen molar-refractivity contribution in [3.63, 3.8) is 0 Å². The Kier molecular flexibility index (Phi) is 5.58. The van der Waals surface area contributed by atoms with Crippen LogP contribution >= 0.6 is 0 Å². The molecule has 0 amide bonds. The highest BCUT2D eigenvalue weighted by molar-refractivity contribution is 5.19. The zero-order chi connectivity index (χ0) is 12.0. The molecule has 0 aliphatic heterocycles. The SMILES string of the molecule is CCCCCCC(CC)c1c(C)cnn1C. The molecule has 2 nitrogen and oxygen atoms in total. The summed E-state index contributed by atoms with van der Waals surface area (Å²) in [5.41, 5.74) is 2.80. The van der Waals surface area contributed by atoms with Crippen LogP contribution in [0.2, 0.25) is 0 Å². The molecule has 0 aliphatic rings. The van der Waals surface area contributed by atoms with Gasteiger partial charge in [-0.1, -0.05) is 39.5 Å². The number of rotatable bonds is 7. The number of hydrogen-bond donors (Lipinski definition) is 0. The van der Waals surface area contributed by atoms with Crippen molar-refractivity contribution in [1.29, 1.82) is 0 Å². The van der Waals surface area contributed by atoms with Gasteiger partial charge in [0.1, 0.15) is 0 Å². The molecule has 0 bridgehead atoms. The lowest BCUT2D eigenvalue weighted by atomic mass is 9.93. The molecule has 1 heterocycles. The number of hydrogen-bond acceptors (Lipinski definition) is 1. The first kappa shape index (κ1) is 13.3. The van der Waals surface area contributed by atoms with Crippen LogP contribution in [0.4, 0.5) is 0 Å². The topological polar surface area (TPSA) is 17.8 Å². The Hall–Kier alpha value is -0.790. The normalized spacial score (nSPS) is 13.0. The quantitative estimate of drug-likeness (QED) is 0.632. The van der Waals surface area contributed by atoms with Crippen LogP contribution in [-0.4, -0.2) is 9.78 Å². The standard InChI is InChI=1S/C14H26N2/c1-5-7-8-9-10-13(6-2)14-12(3)11-15-16(14)4/h11,13H,5-10H2,1-4H3. The summed E-state index contributed by atoms with van der Waals surface area (Å²) in [7, 11) is 2.07. The summed E-state index contributed by atoms with van der Waals surface area (Å²) in [5.74, 6) is 0.698. The van der Waals surface area contributed by atoms with Crippen molar-refractivity contribution in [2.24, 2.45) is 7.05 Å². The van der Waals surface area contributed by atoms with Crippen LogP contribution < -0.4 is 0 Å². The molecule has 0 radical (unpaired) electrons. The minimum absolute atomic E-state index is 0.698. The molecule has 1 aromatic rings. The molecule has 92 valence electrons. The number of unbranched alkanes of at least 4 members (excludes halogenated alkanes) is 3. The van der Waals surface area contributed by atoms with Gasteiger partial charge < -0.3 is 0 Å². The van der Waals surface area contributed by atoms with Crippen molar-refractivity contribution in [3.8, 4) is 0 Å². The Balaban J connectivity index is 2.54. The second-order valence-corrected chi connectivity index (χ2v) is 4.79. The lowest BCUT2D eigenvalue weighted by Crippen LogP contribution is -2.06. The highest BCUT2D eigenvalue weighted by Crippen LogP contribution is 2.27. The van der Waals surface area contributed by atoms with Crippen LogP contribution in [-0.2, 0) is 7.05 Å². The molecule has 16 heavy (non-hydrogen) atoms. The summed E-state index contributed by atoms with van der Waals surface area (Å²) in [5, 5.41) is 4.35. The summed E-state index contributed by atoms with van der Waals surface area (Å²) < 4.78 is 2.06. The van der Waals surface area contributed by atoms with Crippen molar-refractivity contribution in [1.82, 2.24) is 9.78 Å². The number of aryl methyl sites for hydroxylation is 2. The van der Waals surface area contributed by atoms with Gasteiger partial charge in [-0.2, -0.15) is 5.10 Å². The van der Waals surface area contributed by atoms with Crippen LogP contribution in [0.15, 0.2) is 6.20 Å². The van der Waals surface area contributed by atoms with Gasteiger partial charge in [0, 0.05) is 18.7 Å². The van der Waals surface area contributed by atoms with Crippen molar-refractivity contribution in [2.45, 2.75) is 65.2 Å². The highest BCUT2D eigenvalue weighted by atomic mass is 15.3. The van der Waals surface area contributed by atoms with Crippen molar-refractivity contribution >= 4 is 0 Å². The molecule has 0 aromatic carbocycles. The molecule has 0 aliphatic carbocycles. The molecular weight excluding hydrogens is 196 g/mol. The maximum absolute atomic E-state index is 4.35. The first-order valence-electron chi connectivity index (χ1n) is 6.69. The molecule has 1 rings (SSSR count). The summed E-state index contributed by atoms with van der Waals surface area (Å²) in [6, 6.07) is 0. The second kappa shape index (κ2) is 6.72. The smallest absolute Gasteiger partial charge is 0.0521 e. The number of aromatic nitrogens is 2. The Morgan fingerprint density at radius 2 is 2.00 bits per heavy atom. The Morgan fingerprint density at radius 3 is 2.50 bits per heavy atom. The Labute approximate surface area is 100 Å². The Bertz CT molecular complexity index is 282. The van der Waals surface area contributed by atoms with Gasteiger partial charge in [-0.25, -0.2) is 0 Å². The number of nitrogens with zero attached hydrogens (tertiary/aromatic N) is 2. The molecule has 1 unspecified atom stereocenters. The van der Waals surface area contributed by atoms with Gasteiger partial charge in [-0.05, 0) is 25.3 Å². The average Bonchev–Trinajstić information content (AvgIpc) is 2.60. The maximum Gasteiger partial charge on any atom is 0.0521 e. The summed E-state index contributed by atoms with van der Waals surface area (Å²) in [4.78, 5) is 0. The summed E-state index contributed by atoms with van der Waals surface area (Å²) in [6.07, 6.45) is 9.97. The first-order valence-corrected chi connectivity index (χ1v) is 6.69.